The Morgan fingerprint density at radius 1 is 0.500 bits per heavy atom. The van der Waals surface area contributed by atoms with E-state index in [1.54, 1.807) is 0 Å². The molecule has 0 aromatic heterocycles. The van der Waals surface area contributed by atoms with Crippen molar-refractivity contribution >= 4 is 17.3 Å². The molecule has 0 N–H and O–H groups in total. The van der Waals surface area contributed by atoms with E-state index < -0.39 is 5.54 Å². The van der Waals surface area contributed by atoms with Crippen molar-refractivity contribution in [3.8, 4) is 0 Å². The minimum absolute atomic E-state index is 0.680. The van der Waals surface area contributed by atoms with Crippen LogP contribution in [0.4, 0.5) is 5.69 Å². The molecule has 0 aliphatic heterocycles. The third kappa shape index (κ3) is 3.60. The molecule has 0 atom stereocenters. The summed E-state index contributed by atoms with van der Waals surface area (Å²) in [4.78, 5) is 0. The van der Waals surface area contributed by atoms with Crippen LogP contribution >= 0.6 is 11.6 Å². The highest BCUT2D eigenvalue weighted by molar-refractivity contribution is 6.30. The Bertz CT molecular complexity index is 947. The van der Waals surface area contributed by atoms with Crippen LogP contribution in [0.1, 0.15) is 16.7 Å². The SMILES string of the molecule is Clc1ccc(N=NC(c2ccccc2)(c2ccccc2)c2ccccc2)cc1. The molecule has 0 amide bonds. The highest BCUT2D eigenvalue weighted by Gasteiger charge is 2.36. The van der Waals surface area contributed by atoms with Gasteiger partial charge in [0.1, 0.15) is 0 Å². The first-order chi connectivity index (χ1) is 13.8. The Hall–Kier alpha value is -3.23. The van der Waals surface area contributed by atoms with Gasteiger partial charge in [0.05, 0.1) is 5.69 Å². The van der Waals surface area contributed by atoms with Gasteiger partial charge in [0.2, 0.25) is 0 Å². The molecule has 4 aromatic carbocycles. The molecule has 28 heavy (non-hydrogen) atoms. The Kier molecular flexibility index (Phi) is 5.31. The lowest BCUT2D eigenvalue weighted by Gasteiger charge is -2.30. The maximum atomic E-state index is 6.02. The number of hydrogen-bond acceptors (Lipinski definition) is 2. The van der Waals surface area contributed by atoms with E-state index in [1.807, 2.05) is 78.9 Å². The van der Waals surface area contributed by atoms with Crippen molar-refractivity contribution < 1.29 is 0 Å². The summed E-state index contributed by atoms with van der Waals surface area (Å²) in [5.74, 6) is 0. The molecule has 0 heterocycles. The van der Waals surface area contributed by atoms with Gasteiger partial charge < -0.3 is 0 Å². The molecule has 4 rings (SSSR count). The summed E-state index contributed by atoms with van der Waals surface area (Å²) < 4.78 is 0. The van der Waals surface area contributed by atoms with Crippen LogP contribution in [0.3, 0.4) is 0 Å². The van der Waals surface area contributed by atoms with Gasteiger partial charge in [-0.1, -0.05) is 103 Å². The number of halogens is 1. The van der Waals surface area contributed by atoms with Gasteiger partial charge in [0, 0.05) is 5.02 Å². The molecule has 0 saturated heterocycles. The minimum Gasteiger partial charge on any atom is -0.167 e. The lowest BCUT2D eigenvalue weighted by molar-refractivity contribution is 0.618. The largest absolute Gasteiger partial charge is 0.167 e. The summed E-state index contributed by atoms with van der Waals surface area (Å²) >= 11 is 6.02. The van der Waals surface area contributed by atoms with E-state index >= 15 is 0 Å². The molecule has 136 valence electrons. The fourth-order valence-electron chi connectivity index (χ4n) is 3.35. The average Bonchev–Trinajstić information content (AvgIpc) is 2.78. The standard InChI is InChI=1S/C25H19ClN2/c26-23-16-18-24(19-17-23)27-28-25(20-10-4-1-5-11-20,21-12-6-2-7-13-21)22-14-8-3-9-15-22/h1-19H. The van der Waals surface area contributed by atoms with E-state index in [4.69, 9.17) is 16.7 Å². The molecule has 0 aliphatic carbocycles. The Balaban J connectivity index is 1.97. The Morgan fingerprint density at radius 2 is 0.893 bits per heavy atom. The Morgan fingerprint density at radius 3 is 1.29 bits per heavy atom. The summed E-state index contributed by atoms with van der Waals surface area (Å²) in [6.45, 7) is 0. The molecule has 0 saturated carbocycles. The predicted octanol–water partition coefficient (Wildman–Crippen LogP) is 7.42. The highest BCUT2D eigenvalue weighted by atomic mass is 35.5. The summed E-state index contributed by atoms with van der Waals surface area (Å²) in [5.41, 5.74) is 3.19. The minimum atomic E-state index is -0.747. The van der Waals surface area contributed by atoms with Gasteiger partial charge in [-0.3, -0.25) is 0 Å². The molecule has 2 nitrogen and oxygen atoms in total. The molecule has 0 radical (unpaired) electrons. The summed E-state index contributed by atoms with van der Waals surface area (Å²) in [5, 5.41) is 10.2. The van der Waals surface area contributed by atoms with E-state index in [0.717, 1.165) is 22.4 Å². The van der Waals surface area contributed by atoms with Crippen LogP contribution < -0.4 is 0 Å². The highest BCUT2D eigenvalue weighted by Crippen LogP contribution is 2.41. The topological polar surface area (TPSA) is 24.7 Å². The van der Waals surface area contributed by atoms with E-state index in [9.17, 15) is 0 Å². The molecule has 0 bridgehead atoms. The zero-order chi connectivity index (χ0) is 19.2. The zero-order valence-corrected chi connectivity index (χ0v) is 16.0. The van der Waals surface area contributed by atoms with Gasteiger partial charge in [-0.05, 0) is 41.0 Å². The van der Waals surface area contributed by atoms with Gasteiger partial charge >= 0.3 is 0 Å². The Labute approximate surface area is 170 Å². The van der Waals surface area contributed by atoms with Crippen molar-refractivity contribution in [2.24, 2.45) is 10.2 Å². The van der Waals surface area contributed by atoms with Crippen molar-refractivity contribution in [1.82, 2.24) is 0 Å². The summed E-state index contributed by atoms with van der Waals surface area (Å²) in [6, 6.07) is 38.2. The van der Waals surface area contributed by atoms with Crippen LogP contribution in [0, 0.1) is 0 Å². The fraction of sp³-hybridized carbons (Fsp3) is 0.0400. The van der Waals surface area contributed by atoms with Crippen molar-refractivity contribution in [3.63, 3.8) is 0 Å². The molecule has 0 fully saturated rings. The fourth-order valence-corrected chi connectivity index (χ4v) is 3.48. The van der Waals surface area contributed by atoms with Crippen molar-refractivity contribution in [2.45, 2.75) is 5.54 Å². The molecule has 0 aliphatic rings. The van der Waals surface area contributed by atoms with Crippen molar-refractivity contribution in [2.75, 3.05) is 0 Å². The van der Waals surface area contributed by atoms with Crippen LogP contribution in [0.5, 0.6) is 0 Å². The molecule has 0 spiro atoms. The molecule has 3 heteroatoms. The first-order valence-corrected chi connectivity index (χ1v) is 9.52. The first-order valence-electron chi connectivity index (χ1n) is 9.14. The van der Waals surface area contributed by atoms with Crippen molar-refractivity contribution in [1.29, 1.82) is 0 Å². The maximum Gasteiger partial charge on any atom is 0.157 e. The van der Waals surface area contributed by atoms with Crippen LogP contribution in [-0.2, 0) is 5.54 Å². The van der Waals surface area contributed by atoms with Crippen molar-refractivity contribution in [3.05, 3.63) is 137 Å². The zero-order valence-electron chi connectivity index (χ0n) is 15.2. The predicted molar refractivity (Wildman–Crippen MR) is 115 cm³/mol. The summed E-state index contributed by atoms with van der Waals surface area (Å²) in [7, 11) is 0. The van der Waals surface area contributed by atoms with E-state index in [1.165, 1.54) is 0 Å². The number of nitrogens with zero attached hydrogens (tertiary/aromatic N) is 2. The quantitative estimate of drug-likeness (QED) is 0.253. The number of hydrogen-bond donors (Lipinski definition) is 0. The van der Waals surface area contributed by atoms with E-state index in [-0.39, 0.29) is 0 Å². The number of azo groups is 1. The molecule has 4 aromatic rings. The second kappa shape index (κ2) is 8.20. The summed E-state index contributed by atoms with van der Waals surface area (Å²) in [6.07, 6.45) is 0. The van der Waals surface area contributed by atoms with Crippen LogP contribution in [0.15, 0.2) is 125 Å². The lowest BCUT2D eigenvalue weighted by Crippen LogP contribution is -2.26. The average molecular weight is 383 g/mol. The normalized spacial score (nSPS) is 11.6. The first kappa shape index (κ1) is 18.1. The molecular weight excluding hydrogens is 364 g/mol. The van der Waals surface area contributed by atoms with Crippen LogP contribution in [0.25, 0.3) is 0 Å². The number of rotatable bonds is 5. The van der Waals surface area contributed by atoms with Gasteiger partial charge in [0.25, 0.3) is 0 Å². The third-order valence-electron chi connectivity index (χ3n) is 4.72. The number of benzene rings is 4. The van der Waals surface area contributed by atoms with Gasteiger partial charge in [0.15, 0.2) is 5.54 Å². The van der Waals surface area contributed by atoms with Gasteiger partial charge in [-0.2, -0.15) is 10.2 Å². The third-order valence-corrected chi connectivity index (χ3v) is 4.97. The van der Waals surface area contributed by atoms with Crippen LogP contribution in [-0.4, -0.2) is 0 Å². The second-order valence-corrected chi connectivity index (χ2v) is 6.92. The second-order valence-electron chi connectivity index (χ2n) is 6.48. The lowest BCUT2D eigenvalue weighted by atomic mass is 9.78. The van der Waals surface area contributed by atoms with Gasteiger partial charge in [-0.25, -0.2) is 0 Å². The smallest absolute Gasteiger partial charge is 0.157 e. The monoisotopic (exact) mass is 382 g/mol. The maximum absolute atomic E-state index is 6.02. The van der Waals surface area contributed by atoms with E-state index in [0.29, 0.717) is 5.02 Å². The van der Waals surface area contributed by atoms with Crippen LogP contribution in [0.2, 0.25) is 5.02 Å². The van der Waals surface area contributed by atoms with Gasteiger partial charge in [-0.15, -0.1) is 0 Å². The van der Waals surface area contributed by atoms with E-state index in [2.05, 4.69) is 41.5 Å². The molecule has 0 unspecified atom stereocenters. The molecular formula is C25H19ClN2.